The number of rotatable bonds is 4. The number of thioether (sulfide) groups is 1. The lowest BCUT2D eigenvalue weighted by molar-refractivity contribution is -0.116. The monoisotopic (exact) mass is 378 g/mol. The molecule has 2 aromatic carbocycles. The van der Waals surface area contributed by atoms with Gasteiger partial charge in [-0.05, 0) is 18.2 Å². The quantitative estimate of drug-likeness (QED) is 0.824. The topological polar surface area (TPSA) is 66.3 Å². The maximum absolute atomic E-state index is 12.9. The van der Waals surface area contributed by atoms with Crippen LogP contribution in [-0.4, -0.2) is 28.9 Å². The molecule has 1 amide bonds. The van der Waals surface area contributed by atoms with Crippen LogP contribution >= 0.6 is 11.8 Å². The van der Waals surface area contributed by atoms with Crippen LogP contribution in [0.4, 0.5) is 0 Å². The Labute approximate surface area is 160 Å². The Hall–Kier alpha value is -3.06. The standard InChI is InChI=1S/C20H18N4O2S/c1-3-11-27-20-22-19(25)17-15-9-4-5-10-16(15)21-18(24(17)23-20)13-7-6-8-14(12-13)26-2/h3-10,12,18H,1,11H2,2H3,(H,22,23,25). The zero-order chi connectivity index (χ0) is 18.8. The molecule has 6 nitrogen and oxygen atoms in total. The Morgan fingerprint density at radius 2 is 2.15 bits per heavy atom. The van der Waals surface area contributed by atoms with Crippen LogP contribution in [0, 0.1) is 0 Å². The van der Waals surface area contributed by atoms with Crippen molar-refractivity contribution in [2.75, 3.05) is 12.9 Å². The van der Waals surface area contributed by atoms with E-state index in [0.29, 0.717) is 16.6 Å². The van der Waals surface area contributed by atoms with Crippen molar-refractivity contribution in [1.82, 2.24) is 10.3 Å². The van der Waals surface area contributed by atoms with Crippen LogP contribution in [0.1, 0.15) is 11.7 Å². The molecule has 0 fully saturated rings. The molecule has 1 N–H and O–H groups in total. The number of hydrogen-bond donors (Lipinski definition) is 1. The van der Waals surface area contributed by atoms with Gasteiger partial charge in [0.15, 0.2) is 11.3 Å². The summed E-state index contributed by atoms with van der Waals surface area (Å²) in [7, 11) is 1.63. The van der Waals surface area contributed by atoms with Crippen molar-refractivity contribution in [3.8, 4) is 5.75 Å². The fourth-order valence-corrected chi connectivity index (χ4v) is 3.64. The van der Waals surface area contributed by atoms with Crippen LogP contribution in [0.15, 0.2) is 71.3 Å². The van der Waals surface area contributed by atoms with Gasteiger partial charge in [0.1, 0.15) is 11.4 Å². The summed E-state index contributed by atoms with van der Waals surface area (Å²) in [6, 6.07) is 15.3. The molecule has 7 heteroatoms. The van der Waals surface area contributed by atoms with Gasteiger partial charge in [-0.15, -0.1) is 11.7 Å². The molecule has 2 heterocycles. The summed E-state index contributed by atoms with van der Waals surface area (Å²) < 4.78 is 5.35. The first-order chi connectivity index (χ1) is 13.2. The van der Waals surface area contributed by atoms with E-state index in [1.807, 2.05) is 48.5 Å². The van der Waals surface area contributed by atoms with Gasteiger partial charge in [0.05, 0.1) is 12.5 Å². The molecule has 0 aliphatic carbocycles. The molecular weight excluding hydrogens is 360 g/mol. The first kappa shape index (κ1) is 17.4. The van der Waals surface area contributed by atoms with Gasteiger partial charge in [0.25, 0.3) is 5.91 Å². The fourth-order valence-electron chi connectivity index (χ4n) is 3.05. The van der Waals surface area contributed by atoms with E-state index in [-0.39, 0.29) is 5.91 Å². The van der Waals surface area contributed by atoms with Crippen molar-refractivity contribution in [1.29, 1.82) is 0 Å². The second-order valence-corrected chi connectivity index (χ2v) is 6.96. The van der Waals surface area contributed by atoms with Crippen molar-refractivity contribution < 1.29 is 9.53 Å². The van der Waals surface area contributed by atoms with Gasteiger partial charge >= 0.3 is 0 Å². The largest absolute Gasteiger partial charge is 0.497 e. The van der Waals surface area contributed by atoms with E-state index in [4.69, 9.17) is 9.73 Å². The molecular formula is C20H18N4O2S. The number of ether oxygens (including phenoxy) is 1. The maximum Gasteiger partial charge on any atom is 0.276 e. The number of carbonyl (C=O) groups excluding carboxylic acids is 1. The molecule has 2 aromatic rings. The normalized spacial score (nSPS) is 17.9. The summed E-state index contributed by atoms with van der Waals surface area (Å²) in [5.74, 6) is 1.20. The number of nitrogens with one attached hydrogen (secondary N) is 1. The summed E-state index contributed by atoms with van der Waals surface area (Å²) in [5.41, 5.74) is 1.39. The van der Waals surface area contributed by atoms with Crippen molar-refractivity contribution in [2.45, 2.75) is 6.17 Å². The van der Waals surface area contributed by atoms with Crippen LogP contribution in [-0.2, 0) is 4.79 Å². The lowest BCUT2D eigenvalue weighted by atomic mass is 10.1. The van der Waals surface area contributed by atoms with Gasteiger partial charge in [0, 0.05) is 16.5 Å². The molecule has 136 valence electrons. The number of methoxy groups -OCH3 is 1. The molecule has 4 rings (SSSR count). The number of carbonyl (C=O) groups is 1. The van der Waals surface area contributed by atoms with Crippen molar-refractivity contribution in [3.63, 3.8) is 0 Å². The SMILES string of the molecule is C=CCSC1=NN2C(=c3ccccc3=NC2c2cccc(OC)c2)C(=O)N1. The maximum atomic E-state index is 12.9. The van der Waals surface area contributed by atoms with Crippen LogP contribution in [0.5, 0.6) is 5.75 Å². The van der Waals surface area contributed by atoms with E-state index in [0.717, 1.165) is 21.9 Å². The number of amidine groups is 1. The van der Waals surface area contributed by atoms with Crippen molar-refractivity contribution >= 4 is 28.5 Å². The summed E-state index contributed by atoms with van der Waals surface area (Å²) in [6.07, 6.45) is 1.32. The average Bonchev–Trinajstić information content (AvgIpc) is 2.71. The van der Waals surface area contributed by atoms with Gasteiger partial charge in [-0.1, -0.05) is 48.2 Å². The van der Waals surface area contributed by atoms with Crippen LogP contribution in [0.25, 0.3) is 5.70 Å². The van der Waals surface area contributed by atoms with Gasteiger partial charge < -0.3 is 4.74 Å². The number of hydrogen-bond acceptors (Lipinski definition) is 6. The summed E-state index contributed by atoms with van der Waals surface area (Å²) >= 11 is 1.42. The molecule has 0 radical (unpaired) electrons. The second kappa shape index (κ2) is 7.28. The molecule has 0 spiro atoms. The van der Waals surface area contributed by atoms with Gasteiger partial charge in [-0.3, -0.25) is 15.1 Å². The number of amides is 1. The summed E-state index contributed by atoms with van der Waals surface area (Å²) in [6.45, 7) is 3.72. The number of para-hydroxylation sites is 1. The second-order valence-electron chi connectivity index (χ2n) is 5.95. The highest BCUT2D eigenvalue weighted by molar-refractivity contribution is 8.14. The molecule has 1 unspecified atom stereocenters. The lowest BCUT2D eigenvalue weighted by Crippen LogP contribution is -2.50. The molecule has 1 atom stereocenters. The van der Waals surface area contributed by atoms with Gasteiger partial charge in [-0.2, -0.15) is 0 Å². The molecule has 0 bridgehead atoms. The minimum atomic E-state index is -0.449. The van der Waals surface area contributed by atoms with Crippen molar-refractivity contribution in [3.05, 3.63) is 77.3 Å². The molecule has 0 aromatic heterocycles. The Kier molecular flexibility index (Phi) is 4.68. The highest BCUT2D eigenvalue weighted by Crippen LogP contribution is 2.32. The fraction of sp³-hybridized carbons (Fsp3) is 0.150. The van der Waals surface area contributed by atoms with E-state index in [1.165, 1.54) is 11.8 Å². The Balaban J connectivity index is 1.90. The average molecular weight is 378 g/mol. The number of hydrazone groups is 1. The van der Waals surface area contributed by atoms with Crippen LogP contribution in [0.2, 0.25) is 0 Å². The third-order valence-corrected chi connectivity index (χ3v) is 5.10. The number of nitrogens with zero attached hydrogens (tertiary/aromatic N) is 3. The van der Waals surface area contributed by atoms with Crippen molar-refractivity contribution in [2.24, 2.45) is 10.1 Å². The van der Waals surface area contributed by atoms with E-state index in [1.54, 1.807) is 18.2 Å². The van der Waals surface area contributed by atoms with E-state index >= 15 is 0 Å². The first-order valence-corrected chi connectivity index (χ1v) is 9.44. The van der Waals surface area contributed by atoms with Crippen LogP contribution < -0.4 is 20.6 Å². The summed E-state index contributed by atoms with van der Waals surface area (Å²) in [4.78, 5) is 17.7. The molecule has 2 aliphatic rings. The first-order valence-electron chi connectivity index (χ1n) is 8.45. The molecule has 0 saturated carbocycles. The third-order valence-electron chi connectivity index (χ3n) is 4.25. The minimum Gasteiger partial charge on any atom is -0.497 e. The predicted molar refractivity (Wildman–Crippen MR) is 106 cm³/mol. The van der Waals surface area contributed by atoms with E-state index in [2.05, 4.69) is 17.0 Å². The highest BCUT2D eigenvalue weighted by Gasteiger charge is 2.34. The Morgan fingerprint density at radius 3 is 2.96 bits per heavy atom. The molecule has 27 heavy (non-hydrogen) atoms. The zero-order valence-corrected chi connectivity index (χ0v) is 15.6. The van der Waals surface area contributed by atoms with E-state index < -0.39 is 6.17 Å². The minimum absolute atomic E-state index is 0.188. The summed E-state index contributed by atoms with van der Waals surface area (Å²) in [5, 5.41) is 11.3. The van der Waals surface area contributed by atoms with Crippen LogP contribution in [0.3, 0.4) is 0 Å². The highest BCUT2D eigenvalue weighted by atomic mass is 32.2. The smallest absolute Gasteiger partial charge is 0.276 e. The molecule has 0 saturated heterocycles. The number of fused-ring (bicyclic) bond motifs is 2. The zero-order valence-electron chi connectivity index (χ0n) is 14.8. The Morgan fingerprint density at radius 1 is 1.30 bits per heavy atom. The lowest BCUT2D eigenvalue weighted by Gasteiger charge is -2.34. The number of benzene rings is 2. The third kappa shape index (κ3) is 3.21. The predicted octanol–water partition coefficient (Wildman–Crippen LogP) is 1.76. The Bertz CT molecular complexity index is 1060. The van der Waals surface area contributed by atoms with E-state index in [9.17, 15) is 4.79 Å². The van der Waals surface area contributed by atoms with Gasteiger partial charge in [0.2, 0.25) is 0 Å². The molecule has 2 aliphatic heterocycles. The van der Waals surface area contributed by atoms with Gasteiger partial charge in [-0.25, -0.2) is 5.01 Å².